The van der Waals surface area contributed by atoms with Crippen molar-refractivity contribution in [1.29, 1.82) is 0 Å². The normalized spacial score (nSPS) is 20.1. The number of hydrogen-bond donors (Lipinski definition) is 1. The van der Waals surface area contributed by atoms with Crippen molar-refractivity contribution in [3.8, 4) is 0 Å². The predicted molar refractivity (Wildman–Crippen MR) is 70.1 cm³/mol. The van der Waals surface area contributed by atoms with Gasteiger partial charge in [-0.1, -0.05) is 6.92 Å². The number of piperidine rings is 1. The Labute approximate surface area is 108 Å². The minimum absolute atomic E-state index is 0.378. The number of nitrogens with one attached hydrogen (secondary N) is 1. The molecular weight excluding hydrogens is 231 g/mol. The second kappa shape index (κ2) is 6.64. The van der Waals surface area contributed by atoms with Crippen LogP contribution in [0.4, 0.5) is 10.3 Å². The van der Waals surface area contributed by atoms with Crippen LogP contribution in [0.1, 0.15) is 26.2 Å². The molecule has 1 aromatic rings. The van der Waals surface area contributed by atoms with Gasteiger partial charge in [-0.3, -0.25) is 0 Å². The van der Waals surface area contributed by atoms with Crippen molar-refractivity contribution >= 4 is 5.95 Å². The smallest absolute Gasteiger partial charge is 0.225 e. The van der Waals surface area contributed by atoms with E-state index in [2.05, 4.69) is 27.1 Å². The quantitative estimate of drug-likeness (QED) is 0.812. The molecule has 5 heteroatoms. The van der Waals surface area contributed by atoms with Crippen molar-refractivity contribution in [3.63, 3.8) is 0 Å². The highest BCUT2D eigenvalue weighted by Crippen LogP contribution is 2.19. The fraction of sp³-hybridized carbons (Fsp3) is 0.692. The Bertz CT molecular complexity index is 355. The van der Waals surface area contributed by atoms with Gasteiger partial charge in [-0.25, -0.2) is 14.4 Å². The Morgan fingerprint density at radius 1 is 1.44 bits per heavy atom. The van der Waals surface area contributed by atoms with E-state index in [1.807, 2.05) is 0 Å². The van der Waals surface area contributed by atoms with Crippen LogP contribution >= 0.6 is 0 Å². The third kappa shape index (κ3) is 3.63. The third-order valence-electron chi connectivity index (χ3n) is 3.27. The molecule has 0 aromatic carbocycles. The summed E-state index contributed by atoms with van der Waals surface area (Å²) in [6.45, 7) is 6.22. The zero-order valence-corrected chi connectivity index (χ0v) is 10.9. The van der Waals surface area contributed by atoms with Crippen LogP contribution in [0.5, 0.6) is 0 Å². The molecule has 1 saturated heterocycles. The fourth-order valence-corrected chi connectivity index (χ4v) is 2.37. The summed E-state index contributed by atoms with van der Waals surface area (Å²) in [5.74, 6) is 0.910. The first-order valence-electron chi connectivity index (χ1n) is 6.72. The predicted octanol–water partition coefficient (Wildman–Crippen LogP) is 1.83. The summed E-state index contributed by atoms with van der Waals surface area (Å²) in [5.41, 5.74) is 0. The maximum Gasteiger partial charge on any atom is 0.225 e. The van der Waals surface area contributed by atoms with Crippen molar-refractivity contribution in [2.45, 2.75) is 26.2 Å². The molecular formula is C13H21FN4. The molecule has 18 heavy (non-hydrogen) atoms. The van der Waals surface area contributed by atoms with E-state index in [1.165, 1.54) is 18.8 Å². The van der Waals surface area contributed by atoms with Crippen LogP contribution in [0.15, 0.2) is 12.4 Å². The standard InChI is InChI=1S/C13H21FN4/c1-2-5-15-7-11-4-3-6-18(10-11)13-16-8-12(14)9-17-13/h8-9,11,15H,2-7,10H2,1H3. The zero-order chi connectivity index (χ0) is 12.8. The summed E-state index contributed by atoms with van der Waals surface area (Å²) in [6, 6.07) is 0. The number of halogens is 1. The molecule has 1 aromatic heterocycles. The van der Waals surface area contributed by atoms with Crippen molar-refractivity contribution in [2.24, 2.45) is 5.92 Å². The summed E-state index contributed by atoms with van der Waals surface area (Å²) < 4.78 is 12.8. The third-order valence-corrected chi connectivity index (χ3v) is 3.27. The Hall–Kier alpha value is -1.23. The number of rotatable bonds is 5. The highest BCUT2D eigenvalue weighted by atomic mass is 19.1. The van der Waals surface area contributed by atoms with Gasteiger partial charge in [0.05, 0.1) is 12.4 Å². The largest absolute Gasteiger partial charge is 0.341 e. The van der Waals surface area contributed by atoms with Crippen LogP contribution in [0.3, 0.4) is 0 Å². The summed E-state index contributed by atoms with van der Waals surface area (Å²) in [6.07, 6.45) is 6.04. The van der Waals surface area contributed by atoms with Crippen LogP contribution in [-0.2, 0) is 0 Å². The van der Waals surface area contributed by atoms with Gasteiger partial charge in [-0.15, -0.1) is 0 Å². The van der Waals surface area contributed by atoms with Crippen LogP contribution in [0, 0.1) is 11.7 Å². The van der Waals surface area contributed by atoms with Gasteiger partial charge >= 0.3 is 0 Å². The molecule has 2 rings (SSSR count). The molecule has 1 unspecified atom stereocenters. The number of hydrogen-bond acceptors (Lipinski definition) is 4. The summed E-state index contributed by atoms with van der Waals surface area (Å²) in [5, 5.41) is 3.46. The van der Waals surface area contributed by atoms with Crippen LogP contribution in [0.2, 0.25) is 0 Å². The lowest BCUT2D eigenvalue weighted by Gasteiger charge is -2.32. The minimum Gasteiger partial charge on any atom is -0.341 e. The van der Waals surface area contributed by atoms with E-state index < -0.39 is 0 Å². The van der Waals surface area contributed by atoms with Gasteiger partial charge in [0.1, 0.15) is 0 Å². The minimum atomic E-state index is -0.378. The molecule has 1 atom stereocenters. The molecule has 1 aliphatic heterocycles. The second-order valence-electron chi connectivity index (χ2n) is 4.86. The van der Waals surface area contributed by atoms with Crippen molar-refractivity contribution in [3.05, 3.63) is 18.2 Å². The van der Waals surface area contributed by atoms with Crippen LogP contribution < -0.4 is 10.2 Å². The number of anilines is 1. The number of aromatic nitrogens is 2. The van der Waals surface area contributed by atoms with Crippen molar-refractivity contribution < 1.29 is 4.39 Å². The molecule has 100 valence electrons. The second-order valence-corrected chi connectivity index (χ2v) is 4.86. The van der Waals surface area contributed by atoms with E-state index in [1.54, 1.807) is 0 Å². The molecule has 1 aliphatic rings. The molecule has 0 aliphatic carbocycles. The Kier molecular flexibility index (Phi) is 4.87. The molecule has 4 nitrogen and oxygen atoms in total. The molecule has 0 saturated carbocycles. The zero-order valence-electron chi connectivity index (χ0n) is 10.9. The Morgan fingerprint density at radius 3 is 2.94 bits per heavy atom. The first-order valence-corrected chi connectivity index (χ1v) is 6.72. The van der Waals surface area contributed by atoms with Gasteiger partial charge in [0.2, 0.25) is 5.95 Å². The average Bonchev–Trinajstić information content (AvgIpc) is 2.40. The molecule has 2 heterocycles. The number of nitrogens with zero attached hydrogens (tertiary/aromatic N) is 3. The van der Waals surface area contributed by atoms with E-state index in [-0.39, 0.29) is 5.82 Å². The van der Waals surface area contributed by atoms with Gasteiger partial charge in [0, 0.05) is 13.1 Å². The summed E-state index contributed by atoms with van der Waals surface area (Å²) in [4.78, 5) is 10.3. The van der Waals surface area contributed by atoms with Crippen molar-refractivity contribution in [1.82, 2.24) is 15.3 Å². The van der Waals surface area contributed by atoms with Gasteiger partial charge < -0.3 is 10.2 Å². The van der Waals surface area contributed by atoms with Gasteiger partial charge in [0.15, 0.2) is 5.82 Å². The van der Waals surface area contributed by atoms with E-state index in [9.17, 15) is 4.39 Å². The lowest BCUT2D eigenvalue weighted by molar-refractivity contribution is 0.389. The fourth-order valence-electron chi connectivity index (χ4n) is 2.37. The van der Waals surface area contributed by atoms with E-state index in [0.29, 0.717) is 11.9 Å². The monoisotopic (exact) mass is 252 g/mol. The highest BCUT2D eigenvalue weighted by Gasteiger charge is 2.21. The van der Waals surface area contributed by atoms with E-state index in [0.717, 1.165) is 39.0 Å². The molecule has 0 radical (unpaired) electrons. The van der Waals surface area contributed by atoms with E-state index >= 15 is 0 Å². The van der Waals surface area contributed by atoms with Crippen LogP contribution in [-0.4, -0.2) is 36.1 Å². The molecule has 0 spiro atoms. The van der Waals surface area contributed by atoms with Gasteiger partial charge in [-0.2, -0.15) is 0 Å². The molecule has 1 N–H and O–H groups in total. The topological polar surface area (TPSA) is 41.0 Å². The first-order chi connectivity index (χ1) is 8.79. The Balaban J connectivity index is 1.88. The summed E-state index contributed by atoms with van der Waals surface area (Å²) >= 11 is 0. The molecule has 1 fully saturated rings. The molecule has 0 amide bonds. The summed E-state index contributed by atoms with van der Waals surface area (Å²) in [7, 11) is 0. The highest BCUT2D eigenvalue weighted by molar-refractivity contribution is 5.29. The lowest BCUT2D eigenvalue weighted by atomic mass is 9.98. The Morgan fingerprint density at radius 2 is 2.22 bits per heavy atom. The van der Waals surface area contributed by atoms with E-state index in [4.69, 9.17) is 0 Å². The maximum absolute atomic E-state index is 12.8. The maximum atomic E-state index is 12.8. The van der Waals surface area contributed by atoms with Gasteiger partial charge in [0.25, 0.3) is 0 Å². The van der Waals surface area contributed by atoms with Crippen LogP contribution in [0.25, 0.3) is 0 Å². The average molecular weight is 252 g/mol. The SMILES string of the molecule is CCCNCC1CCCN(c2ncc(F)cn2)C1. The van der Waals surface area contributed by atoms with Gasteiger partial charge in [-0.05, 0) is 38.3 Å². The lowest BCUT2D eigenvalue weighted by Crippen LogP contribution is -2.40. The molecule has 0 bridgehead atoms. The first kappa shape index (κ1) is 13.2. The van der Waals surface area contributed by atoms with Crippen molar-refractivity contribution in [2.75, 3.05) is 31.1 Å².